The molecule has 21 heavy (non-hydrogen) atoms. The Morgan fingerprint density at radius 1 is 1.24 bits per heavy atom. The highest BCUT2D eigenvalue weighted by atomic mass is 32.2. The van der Waals surface area contributed by atoms with Gasteiger partial charge < -0.3 is 4.74 Å². The van der Waals surface area contributed by atoms with Gasteiger partial charge in [-0.15, -0.1) is 0 Å². The molecule has 1 aliphatic carbocycles. The average Bonchev–Trinajstić information content (AvgIpc) is 3.20. The second-order valence-electron chi connectivity index (χ2n) is 6.89. The number of thioether (sulfide) groups is 1. The summed E-state index contributed by atoms with van der Waals surface area (Å²) < 4.78 is 5.96. The van der Waals surface area contributed by atoms with Crippen LogP contribution in [0, 0.1) is 17.8 Å². The molecular formula is C19H24OS. The molecule has 1 saturated carbocycles. The van der Waals surface area contributed by atoms with Gasteiger partial charge in [-0.2, -0.15) is 11.8 Å². The fourth-order valence-corrected chi connectivity index (χ4v) is 6.90. The molecule has 2 bridgehead atoms. The lowest BCUT2D eigenvalue weighted by Gasteiger charge is -2.29. The van der Waals surface area contributed by atoms with Gasteiger partial charge in [0.25, 0.3) is 0 Å². The van der Waals surface area contributed by atoms with Crippen LogP contribution < -0.4 is 0 Å². The van der Waals surface area contributed by atoms with Gasteiger partial charge in [0, 0.05) is 16.4 Å². The summed E-state index contributed by atoms with van der Waals surface area (Å²) in [5, 5.41) is 1.85. The van der Waals surface area contributed by atoms with Gasteiger partial charge in [0.15, 0.2) is 0 Å². The third kappa shape index (κ3) is 2.52. The third-order valence-electron chi connectivity index (χ3n) is 5.66. The number of ether oxygens (including phenoxy) is 1. The molecule has 1 nitrogen and oxygen atoms in total. The molecule has 4 rings (SSSR count). The van der Waals surface area contributed by atoms with Gasteiger partial charge in [-0.05, 0) is 49.2 Å². The van der Waals surface area contributed by atoms with E-state index in [4.69, 9.17) is 4.74 Å². The maximum atomic E-state index is 5.96. The van der Waals surface area contributed by atoms with Crippen LogP contribution in [0.4, 0.5) is 0 Å². The van der Waals surface area contributed by atoms with Gasteiger partial charge in [0.2, 0.25) is 0 Å². The lowest BCUT2D eigenvalue weighted by molar-refractivity contribution is 0.149. The van der Waals surface area contributed by atoms with Crippen LogP contribution in [0.3, 0.4) is 0 Å². The summed E-state index contributed by atoms with van der Waals surface area (Å²) in [6, 6.07) is 10.5. The van der Waals surface area contributed by atoms with Crippen LogP contribution in [0.1, 0.15) is 38.2 Å². The van der Waals surface area contributed by atoms with Gasteiger partial charge >= 0.3 is 0 Å². The van der Waals surface area contributed by atoms with Crippen molar-refractivity contribution in [3.63, 3.8) is 0 Å². The standard InChI is InChI=1S/C19H24OS/c1-13(14-6-3-2-4-7-14)11-20-12-15-10-18-16-8-5-9-17(16)19(15)21-18/h2-4,6-7,11,15-19H,5,8-10,12H2,1H3/b13-11-. The number of benzene rings is 1. The number of hydrogen-bond acceptors (Lipinski definition) is 2. The highest BCUT2D eigenvalue weighted by Crippen LogP contribution is 2.61. The fourth-order valence-electron chi connectivity index (χ4n) is 4.64. The van der Waals surface area contributed by atoms with Crippen molar-refractivity contribution in [3.05, 3.63) is 42.2 Å². The van der Waals surface area contributed by atoms with E-state index in [1.54, 1.807) is 0 Å². The van der Waals surface area contributed by atoms with Gasteiger partial charge in [-0.25, -0.2) is 0 Å². The molecule has 0 spiro atoms. The number of allylic oxidation sites excluding steroid dienone is 1. The minimum atomic E-state index is 0.791. The predicted molar refractivity (Wildman–Crippen MR) is 90.2 cm³/mol. The Labute approximate surface area is 132 Å². The SMILES string of the molecule is C/C(=C/OCC1CC2SC1C1CCCC21)c1ccccc1. The van der Waals surface area contributed by atoms with Gasteiger partial charge in [0.05, 0.1) is 12.9 Å². The molecule has 1 aromatic carbocycles. The highest BCUT2D eigenvalue weighted by Gasteiger charge is 2.54. The number of fused-ring (bicyclic) bond motifs is 5. The molecule has 2 heteroatoms. The van der Waals surface area contributed by atoms with E-state index >= 15 is 0 Å². The zero-order valence-electron chi connectivity index (χ0n) is 12.7. The maximum absolute atomic E-state index is 5.96. The Morgan fingerprint density at radius 2 is 2.05 bits per heavy atom. The molecule has 0 N–H and O–H groups in total. The molecular weight excluding hydrogens is 276 g/mol. The van der Waals surface area contributed by atoms with Crippen LogP contribution >= 0.6 is 11.8 Å². The van der Waals surface area contributed by atoms with E-state index in [0.29, 0.717) is 0 Å². The van der Waals surface area contributed by atoms with Crippen LogP contribution in [0.2, 0.25) is 0 Å². The van der Waals surface area contributed by atoms with Crippen molar-refractivity contribution < 1.29 is 4.74 Å². The van der Waals surface area contributed by atoms with Crippen molar-refractivity contribution in [2.24, 2.45) is 17.8 Å². The van der Waals surface area contributed by atoms with Crippen molar-refractivity contribution in [3.8, 4) is 0 Å². The summed E-state index contributed by atoms with van der Waals surface area (Å²) in [4.78, 5) is 0. The molecule has 0 amide bonds. The normalized spacial score (nSPS) is 37.8. The first-order chi connectivity index (χ1) is 10.3. The topological polar surface area (TPSA) is 9.23 Å². The third-order valence-corrected chi connectivity index (χ3v) is 7.60. The quantitative estimate of drug-likeness (QED) is 0.725. The summed E-state index contributed by atoms with van der Waals surface area (Å²) in [6.45, 7) is 3.06. The molecule has 2 heterocycles. The average molecular weight is 300 g/mol. The first-order valence-electron chi connectivity index (χ1n) is 8.32. The second kappa shape index (κ2) is 5.72. The van der Waals surface area contributed by atoms with Crippen molar-refractivity contribution in [1.29, 1.82) is 0 Å². The summed E-state index contributed by atoms with van der Waals surface area (Å²) in [6.07, 6.45) is 7.82. The number of rotatable bonds is 4. The van der Waals surface area contributed by atoms with Crippen LogP contribution in [0.25, 0.3) is 5.57 Å². The van der Waals surface area contributed by atoms with Gasteiger partial charge in [0.1, 0.15) is 0 Å². The molecule has 1 aromatic rings. The van der Waals surface area contributed by atoms with Crippen LogP contribution in [-0.4, -0.2) is 17.1 Å². The maximum Gasteiger partial charge on any atom is 0.0912 e. The van der Waals surface area contributed by atoms with E-state index in [9.17, 15) is 0 Å². The van der Waals surface area contributed by atoms with Gasteiger partial charge in [-0.3, -0.25) is 0 Å². The zero-order chi connectivity index (χ0) is 14.2. The molecule has 2 aliphatic heterocycles. The summed E-state index contributed by atoms with van der Waals surface area (Å²) in [5.41, 5.74) is 2.49. The van der Waals surface area contributed by atoms with Crippen LogP contribution in [-0.2, 0) is 4.74 Å². The monoisotopic (exact) mass is 300 g/mol. The lowest BCUT2D eigenvalue weighted by Crippen LogP contribution is -2.31. The molecule has 0 radical (unpaired) electrons. The summed E-state index contributed by atoms with van der Waals surface area (Å²) in [5.74, 6) is 2.86. The zero-order valence-corrected chi connectivity index (χ0v) is 13.5. The minimum absolute atomic E-state index is 0.791. The van der Waals surface area contributed by atoms with Crippen molar-refractivity contribution in [2.45, 2.75) is 43.1 Å². The Morgan fingerprint density at radius 3 is 2.90 bits per heavy atom. The molecule has 3 fully saturated rings. The molecule has 5 atom stereocenters. The first-order valence-corrected chi connectivity index (χ1v) is 9.26. The van der Waals surface area contributed by atoms with Crippen molar-refractivity contribution >= 4 is 17.3 Å². The minimum Gasteiger partial charge on any atom is -0.501 e. The highest BCUT2D eigenvalue weighted by molar-refractivity contribution is 8.01. The Balaban J connectivity index is 1.34. The van der Waals surface area contributed by atoms with E-state index in [2.05, 4.69) is 49.0 Å². The smallest absolute Gasteiger partial charge is 0.0912 e. The van der Waals surface area contributed by atoms with Crippen molar-refractivity contribution in [1.82, 2.24) is 0 Å². The van der Waals surface area contributed by atoms with E-state index in [1.165, 1.54) is 36.8 Å². The van der Waals surface area contributed by atoms with Crippen molar-refractivity contribution in [2.75, 3.05) is 6.61 Å². The molecule has 2 saturated heterocycles. The van der Waals surface area contributed by atoms with E-state index in [-0.39, 0.29) is 0 Å². The van der Waals surface area contributed by atoms with Crippen LogP contribution in [0.15, 0.2) is 36.6 Å². The number of hydrogen-bond donors (Lipinski definition) is 0. The lowest BCUT2D eigenvalue weighted by atomic mass is 9.76. The fraction of sp³-hybridized carbons (Fsp3) is 0.579. The predicted octanol–water partition coefficient (Wildman–Crippen LogP) is 4.98. The molecule has 112 valence electrons. The Hall–Kier alpha value is -0.890. The van der Waals surface area contributed by atoms with E-state index in [0.717, 1.165) is 34.9 Å². The van der Waals surface area contributed by atoms with E-state index in [1.807, 2.05) is 6.26 Å². The summed E-state index contributed by atoms with van der Waals surface area (Å²) in [7, 11) is 0. The summed E-state index contributed by atoms with van der Waals surface area (Å²) >= 11 is 2.29. The van der Waals surface area contributed by atoms with Gasteiger partial charge in [-0.1, -0.05) is 36.8 Å². The molecule has 0 aromatic heterocycles. The first kappa shape index (κ1) is 13.8. The second-order valence-corrected chi connectivity index (χ2v) is 8.32. The Kier molecular flexibility index (Phi) is 3.74. The van der Waals surface area contributed by atoms with Crippen LogP contribution in [0.5, 0.6) is 0 Å². The molecule has 3 aliphatic rings. The van der Waals surface area contributed by atoms with E-state index < -0.39 is 0 Å². The largest absolute Gasteiger partial charge is 0.501 e. The molecule has 5 unspecified atom stereocenters. The Bertz CT molecular complexity index is 524.